The van der Waals surface area contributed by atoms with Crippen molar-refractivity contribution in [2.24, 2.45) is 0 Å². The van der Waals surface area contributed by atoms with Crippen LogP contribution in [0.4, 0.5) is 27.5 Å². The highest BCUT2D eigenvalue weighted by molar-refractivity contribution is 5.97. The summed E-state index contributed by atoms with van der Waals surface area (Å²) < 4.78 is 21.2. The van der Waals surface area contributed by atoms with E-state index in [1.54, 1.807) is 29.3 Å². The maximum atomic E-state index is 15.6. The maximum absolute atomic E-state index is 15.6. The Labute approximate surface area is 202 Å². The molecule has 1 aromatic carbocycles. The molecule has 0 radical (unpaired) electrons. The average molecular weight is 478 g/mol. The molecule has 2 aromatic heterocycles. The molecule has 35 heavy (non-hydrogen) atoms. The van der Waals surface area contributed by atoms with Crippen LogP contribution in [0.2, 0.25) is 0 Å². The van der Waals surface area contributed by atoms with E-state index in [4.69, 9.17) is 15.1 Å². The zero-order chi connectivity index (χ0) is 24.4. The van der Waals surface area contributed by atoms with Crippen LogP contribution < -0.4 is 15.1 Å². The van der Waals surface area contributed by atoms with Crippen LogP contribution in [-0.2, 0) is 9.53 Å². The van der Waals surface area contributed by atoms with Crippen LogP contribution in [0.25, 0.3) is 11.1 Å². The van der Waals surface area contributed by atoms with Gasteiger partial charge in [-0.3, -0.25) is 9.89 Å². The van der Waals surface area contributed by atoms with Gasteiger partial charge in [-0.15, -0.1) is 0 Å². The third kappa shape index (κ3) is 4.61. The van der Waals surface area contributed by atoms with Crippen LogP contribution in [0.15, 0.2) is 36.5 Å². The van der Waals surface area contributed by atoms with E-state index in [9.17, 15) is 4.79 Å². The Kier molecular flexibility index (Phi) is 6.45. The third-order valence-electron chi connectivity index (χ3n) is 6.48. The number of aromatic amines is 1. The van der Waals surface area contributed by atoms with Crippen molar-refractivity contribution < 1.29 is 13.9 Å². The molecule has 9 nitrogen and oxygen atoms in total. The fourth-order valence-electron chi connectivity index (χ4n) is 4.64. The molecule has 0 spiro atoms. The normalized spacial score (nSPS) is 18.6. The first-order valence-corrected chi connectivity index (χ1v) is 11.8. The monoisotopic (exact) mass is 477 g/mol. The number of piperidine rings is 1. The maximum Gasteiger partial charge on any atom is 0.226 e. The molecule has 0 saturated carbocycles. The molecule has 2 fully saturated rings. The van der Waals surface area contributed by atoms with Gasteiger partial charge in [-0.1, -0.05) is 0 Å². The van der Waals surface area contributed by atoms with E-state index in [-0.39, 0.29) is 11.9 Å². The number of carbonyl (C=O) groups is 1. The summed E-state index contributed by atoms with van der Waals surface area (Å²) in [5.74, 6) is 1.26. The SMILES string of the molecule is C[C@@H]1COCCN1c1cc(-c2ccc(N3CCCCC3=O)cc2F)c(C=N)c(Nc2ccn[nH]2)n1. The second-order valence-electron chi connectivity index (χ2n) is 8.81. The first-order valence-electron chi connectivity index (χ1n) is 11.8. The van der Waals surface area contributed by atoms with Crippen molar-refractivity contribution in [2.45, 2.75) is 32.2 Å². The molecule has 3 aromatic rings. The molecular formula is C25H28FN7O2. The number of amides is 1. The van der Waals surface area contributed by atoms with Crippen molar-refractivity contribution in [3.05, 3.63) is 47.9 Å². The number of pyridine rings is 1. The predicted molar refractivity (Wildman–Crippen MR) is 133 cm³/mol. The van der Waals surface area contributed by atoms with Crippen molar-refractivity contribution in [3.63, 3.8) is 0 Å². The molecule has 10 heteroatoms. The fourth-order valence-corrected chi connectivity index (χ4v) is 4.64. The minimum absolute atomic E-state index is 0.0159. The molecule has 1 atom stereocenters. The molecule has 1 amide bonds. The van der Waals surface area contributed by atoms with Crippen LogP contribution in [0.3, 0.4) is 0 Å². The first-order chi connectivity index (χ1) is 17.0. The van der Waals surface area contributed by atoms with Gasteiger partial charge in [0.1, 0.15) is 23.3 Å². The molecule has 4 heterocycles. The van der Waals surface area contributed by atoms with Crippen molar-refractivity contribution in [1.29, 1.82) is 5.41 Å². The minimum atomic E-state index is -0.455. The number of nitrogens with zero attached hydrogens (tertiary/aromatic N) is 4. The molecule has 2 saturated heterocycles. The van der Waals surface area contributed by atoms with Gasteiger partial charge in [0.2, 0.25) is 5.91 Å². The van der Waals surface area contributed by atoms with Gasteiger partial charge in [0.05, 0.1) is 25.5 Å². The van der Waals surface area contributed by atoms with Crippen molar-refractivity contribution in [1.82, 2.24) is 15.2 Å². The number of aromatic nitrogens is 3. The Hall–Kier alpha value is -3.79. The molecule has 3 N–H and O–H groups in total. The molecule has 2 aliphatic rings. The number of morpholine rings is 1. The number of carbonyl (C=O) groups excluding carboxylic acids is 1. The van der Waals surface area contributed by atoms with Crippen molar-refractivity contribution >= 4 is 35.3 Å². The van der Waals surface area contributed by atoms with E-state index in [1.165, 1.54) is 12.3 Å². The van der Waals surface area contributed by atoms with Gasteiger partial charge in [-0.25, -0.2) is 9.37 Å². The van der Waals surface area contributed by atoms with Crippen LogP contribution in [-0.4, -0.2) is 59.6 Å². The number of nitrogens with one attached hydrogen (secondary N) is 3. The van der Waals surface area contributed by atoms with Gasteiger partial charge in [0.15, 0.2) is 0 Å². The standard InChI is InChI=1S/C25H28FN7O2/c1-16-15-35-11-10-32(16)23-13-19(20(14-27)25(30-23)29-22-7-8-28-31-22)18-6-5-17(12-21(18)26)33-9-3-2-4-24(33)34/h5-8,12-14,16,27H,2-4,9-11,15H2,1H3,(H2,28,29,30,31)/t16-/m1/s1. The number of H-pyrrole nitrogens is 1. The van der Waals surface area contributed by atoms with E-state index in [1.807, 2.05) is 6.07 Å². The van der Waals surface area contributed by atoms with Gasteiger partial charge in [-0.05, 0) is 44.0 Å². The zero-order valence-corrected chi connectivity index (χ0v) is 19.6. The van der Waals surface area contributed by atoms with Gasteiger partial charge < -0.3 is 25.3 Å². The van der Waals surface area contributed by atoms with Gasteiger partial charge in [0, 0.05) is 54.2 Å². The summed E-state index contributed by atoms with van der Waals surface area (Å²) in [6.07, 6.45) is 5.04. The Morgan fingerprint density at radius 2 is 2.11 bits per heavy atom. The summed E-state index contributed by atoms with van der Waals surface area (Å²) in [5.41, 5.74) is 1.89. The number of rotatable bonds is 6. The summed E-state index contributed by atoms with van der Waals surface area (Å²) in [7, 11) is 0. The molecule has 0 unspecified atom stereocenters. The van der Waals surface area contributed by atoms with Crippen molar-refractivity contribution in [3.8, 4) is 11.1 Å². The van der Waals surface area contributed by atoms with Crippen LogP contribution >= 0.6 is 0 Å². The Morgan fingerprint density at radius 1 is 1.23 bits per heavy atom. The predicted octanol–water partition coefficient (Wildman–Crippen LogP) is 4.09. The van der Waals surface area contributed by atoms with E-state index in [2.05, 4.69) is 27.3 Å². The van der Waals surface area contributed by atoms with Crippen molar-refractivity contribution in [2.75, 3.05) is 41.4 Å². The van der Waals surface area contributed by atoms with Gasteiger partial charge >= 0.3 is 0 Å². The summed E-state index contributed by atoms with van der Waals surface area (Å²) in [6, 6.07) is 8.53. The van der Waals surface area contributed by atoms with Gasteiger partial charge in [0.25, 0.3) is 0 Å². The number of hydrogen-bond donors (Lipinski definition) is 3. The second-order valence-corrected chi connectivity index (χ2v) is 8.81. The lowest BCUT2D eigenvalue weighted by Gasteiger charge is -2.35. The lowest BCUT2D eigenvalue weighted by Crippen LogP contribution is -2.44. The Balaban J connectivity index is 1.60. The lowest BCUT2D eigenvalue weighted by molar-refractivity contribution is -0.119. The van der Waals surface area contributed by atoms with E-state index in [0.717, 1.165) is 12.8 Å². The van der Waals surface area contributed by atoms with E-state index >= 15 is 4.39 Å². The topological polar surface area (TPSA) is 110 Å². The number of hydrogen-bond acceptors (Lipinski definition) is 7. The number of ether oxygens (including phenoxy) is 1. The average Bonchev–Trinajstić information content (AvgIpc) is 3.37. The largest absolute Gasteiger partial charge is 0.377 e. The Bertz CT molecular complexity index is 1230. The zero-order valence-electron chi connectivity index (χ0n) is 19.6. The summed E-state index contributed by atoms with van der Waals surface area (Å²) in [4.78, 5) is 20.9. The number of halogens is 1. The minimum Gasteiger partial charge on any atom is -0.377 e. The summed E-state index contributed by atoms with van der Waals surface area (Å²) >= 11 is 0. The summed E-state index contributed by atoms with van der Waals surface area (Å²) in [6.45, 7) is 4.44. The fraction of sp³-hybridized carbons (Fsp3) is 0.360. The van der Waals surface area contributed by atoms with Crippen LogP contribution in [0.1, 0.15) is 31.7 Å². The number of anilines is 4. The molecule has 5 rings (SSSR count). The quantitative estimate of drug-likeness (QED) is 0.461. The molecule has 0 aliphatic carbocycles. The summed E-state index contributed by atoms with van der Waals surface area (Å²) in [5, 5.41) is 18.1. The third-order valence-corrected chi connectivity index (χ3v) is 6.48. The van der Waals surface area contributed by atoms with Gasteiger partial charge in [-0.2, -0.15) is 5.10 Å². The molecule has 2 aliphatic heterocycles. The van der Waals surface area contributed by atoms with E-state index in [0.29, 0.717) is 72.6 Å². The first kappa shape index (κ1) is 23.0. The number of benzene rings is 1. The second kappa shape index (κ2) is 9.83. The van der Waals surface area contributed by atoms with Crippen LogP contribution in [0, 0.1) is 11.2 Å². The lowest BCUT2D eigenvalue weighted by atomic mass is 9.99. The smallest absolute Gasteiger partial charge is 0.226 e. The molecule has 0 bridgehead atoms. The molecule has 182 valence electrons. The van der Waals surface area contributed by atoms with E-state index < -0.39 is 5.82 Å². The molecular weight excluding hydrogens is 449 g/mol. The highest BCUT2D eigenvalue weighted by atomic mass is 19.1. The highest BCUT2D eigenvalue weighted by Crippen LogP contribution is 2.36. The Morgan fingerprint density at radius 3 is 2.83 bits per heavy atom. The highest BCUT2D eigenvalue weighted by Gasteiger charge is 2.25. The van der Waals surface area contributed by atoms with Crippen LogP contribution in [0.5, 0.6) is 0 Å².